The molecule has 594 valence electrons. The predicted octanol–water partition coefficient (Wildman–Crippen LogP) is 33.7. The molecule has 4 aromatic carbocycles. The molecule has 0 nitrogen and oxygen atoms in total. The summed E-state index contributed by atoms with van der Waals surface area (Å²) >= 11 is 0. The minimum absolute atomic E-state index is 0.225. The summed E-state index contributed by atoms with van der Waals surface area (Å²) in [5.41, 5.74) is 51.7. The van der Waals surface area contributed by atoms with Crippen LogP contribution in [-0.4, -0.2) is 0 Å². The largest absolute Gasteiger partial charge is 0.0952 e. The van der Waals surface area contributed by atoms with Gasteiger partial charge < -0.3 is 0 Å². The van der Waals surface area contributed by atoms with Crippen molar-refractivity contribution < 1.29 is 0 Å². The Hall–Kier alpha value is -6.24. The molecule has 0 spiro atoms. The zero-order valence-electron chi connectivity index (χ0n) is 79.4. The van der Waals surface area contributed by atoms with E-state index in [1.54, 1.807) is 0 Å². The smallest absolute Gasteiger partial charge is 0.00669 e. The molecule has 0 amide bonds. The van der Waals surface area contributed by atoms with Crippen LogP contribution in [0.3, 0.4) is 0 Å². The summed E-state index contributed by atoms with van der Waals surface area (Å²) in [6.45, 7) is 122. The maximum Gasteiger partial charge on any atom is -0.00669 e. The Morgan fingerprint density at radius 3 is 0.850 bits per heavy atom. The number of allylic oxidation sites excluding steroid dienone is 20. The van der Waals surface area contributed by atoms with Crippen LogP contribution in [0.1, 0.15) is 356 Å². The van der Waals surface area contributed by atoms with Crippen molar-refractivity contribution in [3.8, 4) is 0 Å². The Kier molecular flexibility index (Phi) is 35.2. The van der Waals surface area contributed by atoms with Crippen molar-refractivity contribution in [3.63, 3.8) is 0 Å². The molecule has 0 aliphatic heterocycles. The molecule has 107 heavy (non-hydrogen) atoms. The SMILES string of the molecule is C=C1CC(C)=C(C)C(C)=C1C(C)(C)C.C=C1CC(C)=C(C)C(C)=C1C(C)(C)C.C=C1CC(C)=C(C)C=C1C(C)(C)C.C=C1CC(C)=CC(C)=C1C(C)(C)C.Cc1cc(C)c(C(C)(C)C)c(C)c1.Cc1cc(C)c(C(C)(C)C)c(C)c1C.Cc1cc(C)c(C(C)(C)C)cc1C.Cc1cc(C)c(C(C)(C)C)cc1C. The fourth-order valence-corrected chi connectivity index (χ4v) is 17.2. The first-order valence-corrected chi connectivity index (χ1v) is 40.4. The second-order valence-electron chi connectivity index (χ2n) is 41.4. The van der Waals surface area contributed by atoms with Gasteiger partial charge in [-0.25, -0.2) is 0 Å². The van der Waals surface area contributed by atoms with E-state index in [-0.39, 0.29) is 43.3 Å². The molecule has 0 saturated carbocycles. The van der Waals surface area contributed by atoms with Crippen molar-refractivity contribution in [3.05, 3.63) is 276 Å². The van der Waals surface area contributed by atoms with Gasteiger partial charge in [0.1, 0.15) is 0 Å². The molecule has 0 unspecified atom stereocenters. The lowest BCUT2D eigenvalue weighted by molar-refractivity contribution is 0.501. The van der Waals surface area contributed by atoms with Gasteiger partial charge in [0.2, 0.25) is 0 Å². The average molecular weight is 1450 g/mol. The fraction of sp³-hybridized carbons (Fsp3) is 0.551. The Labute approximate surface area is 666 Å². The summed E-state index contributed by atoms with van der Waals surface area (Å²) in [4.78, 5) is 0. The van der Waals surface area contributed by atoms with Crippen molar-refractivity contribution in [1.82, 2.24) is 0 Å². The van der Waals surface area contributed by atoms with Gasteiger partial charge in [0.15, 0.2) is 0 Å². The van der Waals surface area contributed by atoms with E-state index in [0.29, 0.717) is 0 Å². The molecular weight excluding hydrogens is 1290 g/mol. The first-order valence-electron chi connectivity index (χ1n) is 40.4. The lowest BCUT2D eigenvalue weighted by atomic mass is 9.73. The molecule has 0 fully saturated rings. The predicted molar refractivity (Wildman–Crippen MR) is 490 cm³/mol. The molecule has 0 radical (unpaired) electrons. The Morgan fingerprint density at radius 2 is 0.542 bits per heavy atom. The third-order valence-corrected chi connectivity index (χ3v) is 22.3. The third-order valence-electron chi connectivity index (χ3n) is 22.3. The van der Waals surface area contributed by atoms with Crippen LogP contribution < -0.4 is 0 Å². The topological polar surface area (TPSA) is 0 Å². The monoisotopic (exact) mass is 1450 g/mol. The Balaban J connectivity index is 0.000000612. The normalized spacial score (nSPS) is 15.6. The van der Waals surface area contributed by atoms with Gasteiger partial charge in [-0.3, -0.25) is 0 Å². The summed E-state index contributed by atoms with van der Waals surface area (Å²) in [6, 6.07) is 16.1. The molecule has 0 saturated heterocycles. The molecular formula is C107H166. The van der Waals surface area contributed by atoms with Crippen LogP contribution in [0.15, 0.2) is 181 Å². The molecule has 8 rings (SSSR count). The van der Waals surface area contributed by atoms with Gasteiger partial charge in [0, 0.05) is 0 Å². The first kappa shape index (κ1) is 98.8. The highest BCUT2D eigenvalue weighted by atomic mass is 14.3. The van der Waals surface area contributed by atoms with E-state index in [1.807, 2.05) is 0 Å². The molecule has 0 aromatic heterocycles. The van der Waals surface area contributed by atoms with Crippen molar-refractivity contribution in [1.29, 1.82) is 0 Å². The minimum Gasteiger partial charge on any atom is -0.0952 e. The quantitative estimate of drug-likeness (QED) is 0.165. The lowest BCUT2D eigenvalue weighted by Gasteiger charge is -2.32. The highest BCUT2D eigenvalue weighted by molar-refractivity contribution is 5.55. The number of hydrogen-bond donors (Lipinski definition) is 0. The molecule has 0 N–H and O–H groups in total. The van der Waals surface area contributed by atoms with Gasteiger partial charge in [-0.15, -0.1) is 0 Å². The van der Waals surface area contributed by atoms with Gasteiger partial charge in [-0.05, 0) is 390 Å². The van der Waals surface area contributed by atoms with Crippen LogP contribution in [-0.2, 0) is 21.7 Å². The summed E-state index contributed by atoms with van der Waals surface area (Å²) in [5.74, 6) is 0. The molecule has 0 atom stereocenters. The van der Waals surface area contributed by atoms with E-state index in [4.69, 9.17) is 0 Å². The number of hydrogen-bond acceptors (Lipinski definition) is 0. The van der Waals surface area contributed by atoms with Crippen LogP contribution in [0.25, 0.3) is 0 Å². The standard InChI is InChI=1S/3C14H22.5C13H20/c3*1-9-8-10(2)13(14(5,6)7)12(4)11(9)3;3*1-9-7-11(3)12(8-10(9)2)13(4,5)6;2*1-9-7-10(2)12(11(3)8-9)13(4,5)6/h8H,1-7H3;2*2,8H2,1,3-7H3;2*7-8H,1-6H3;8H,3,7H2,1-2,4-6H3;7-8H,1-6H3;8H,2,7H2,1,3-6H3. The summed E-state index contributed by atoms with van der Waals surface area (Å²) < 4.78 is 0. The van der Waals surface area contributed by atoms with Crippen LogP contribution in [0.4, 0.5) is 0 Å². The van der Waals surface area contributed by atoms with Gasteiger partial charge >= 0.3 is 0 Å². The average Bonchev–Trinajstić information content (AvgIpc) is 0.806. The van der Waals surface area contributed by atoms with Gasteiger partial charge in [0.05, 0.1) is 0 Å². The molecule has 4 aliphatic rings. The van der Waals surface area contributed by atoms with E-state index in [9.17, 15) is 0 Å². The summed E-state index contributed by atoms with van der Waals surface area (Å²) in [7, 11) is 0. The minimum atomic E-state index is 0.225. The maximum atomic E-state index is 4.21. The van der Waals surface area contributed by atoms with E-state index >= 15 is 0 Å². The van der Waals surface area contributed by atoms with Crippen LogP contribution in [0, 0.1) is 112 Å². The summed E-state index contributed by atoms with van der Waals surface area (Å²) in [5, 5.41) is 0. The Bertz CT molecular complexity index is 4010. The van der Waals surface area contributed by atoms with Crippen molar-refractivity contribution in [2.45, 2.75) is 373 Å². The number of benzene rings is 4. The van der Waals surface area contributed by atoms with Crippen LogP contribution >= 0.6 is 0 Å². The molecule has 0 heteroatoms. The van der Waals surface area contributed by atoms with E-state index in [1.165, 1.54) is 195 Å². The highest BCUT2D eigenvalue weighted by Crippen LogP contribution is 2.45. The molecule has 4 aliphatic carbocycles. The molecule has 4 aromatic rings. The van der Waals surface area contributed by atoms with E-state index in [0.717, 1.165) is 25.7 Å². The third kappa shape index (κ3) is 28.9. The zero-order valence-corrected chi connectivity index (χ0v) is 79.4. The zero-order chi connectivity index (χ0) is 84.4. The maximum absolute atomic E-state index is 4.21. The Morgan fingerprint density at radius 1 is 0.234 bits per heavy atom. The lowest BCUT2D eigenvalue weighted by Crippen LogP contribution is -2.17. The van der Waals surface area contributed by atoms with Gasteiger partial charge in [0.25, 0.3) is 0 Å². The second kappa shape index (κ2) is 38.1. The second-order valence-corrected chi connectivity index (χ2v) is 41.4. The van der Waals surface area contributed by atoms with Crippen molar-refractivity contribution in [2.24, 2.45) is 21.7 Å². The van der Waals surface area contributed by atoms with Crippen LogP contribution in [0.2, 0.25) is 0 Å². The number of aryl methyl sites for hydroxylation is 11. The van der Waals surface area contributed by atoms with Gasteiger partial charge in [-0.2, -0.15) is 0 Å². The highest BCUT2D eigenvalue weighted by Gasteiger charge is 2.30. The van der Waals surface area contributed by atoms with E-state index in [2.05, 4.69) is 406 Å². The molecule has 0 bridgehead atoms. The first-order chi connectivity index (χ1) is 47.8. The van der Waals surface area contributed by atoms with Crippen molar-refractivity contribution >= 4 is 0 Å². The van der Waals surface area contributed by atoms with Crippen LogP contribution in [0.5, 0.6) is 0 Å². The van der Waals surface area contributed by atoms with Gasteiger partial charge in [-0.1, -0.05) is 281 Å². The number of rotatable bonds is 0. The molecule has 0 heterocycles. The van der Waals surface area contributed by atoms with E-state index < -0.39 is 0 Å². The fourth-order valence-electron chi connectivity index (χ4n) is 17.2. The van der Waals surface area contributed by atoms with Crippen molar-refractivity contribution in [2.75, 3.05) is 0 Å². The summed E-state index contributed by atoms with van der Waals surface area (Å²) in [6.07, 6.45) is 8.78.